The van der Waals surface area contributed by atoms with E-state index in [1.54, 1.807) is 12.1 Å². The van der Waals surface area contributed by atoms with Gasteiger partial charge in [-0.05, 0) is 111 Å². The maximum atomic E-state index is 2.74. The Balaban J connectivity index is 1.33. The molecule has 5 rings (SSSR count). The monoisotopic (exact) mass is 434 g/mol. The molecule has 0 amide bonds. The van der Waals surface area contributed by atoms with Gasteiger partial charge in [-0.15, -0.1) is 0 Å². The molecule has 2 nitrogen and oxygen atoms in total. The van der Waals surface area contributed by atoms with Gasteiger partial charge in [-0.1, -0.05) is 64.8 Å². The van der Waals surface area contributed by atoms with Gasteiger partial charge in [0.05, 0.1) is 0 Å². The van der Waals surface area contributed by atoms with Gasteiger partial charge in [0.2, 0.25) is 0 Å². The topological polar surface area (TPSA) is 6.48 Å². The number of hydrogen-bond acceptors (Lipinski definition) is 2. The molecule has 32 heavy (non-hydrogen) atoms. The van der Waals surface area contributed by atoms with Gasteiger partial charge >= 0.3 is 0 Å². The molecule has 4 fully saturated rings. The van der Waals surface area contributed by atoms with Gasteiger partial charge in [-0.3, -0.25) is 9.80 Å². The molecule has 2 atom stereocenters. The van der Waals surface area contributed by atoms with E-state index in [0.29, 0.717) is 11.8 Å². The van der Waals surface area contributed by atoms with Crippen LogP contribution in [0.5, 0.6) is 0 Å². The van der Waals surface area contributed by atoms with E-state index in [0.717, 1.165) is 0 Å². The Morgan fingerprint density at radius 3 is 1.25 bits per heavy atom. The lowest BCUT2D eigenvalue weighted by molar-refractivity contribution is 0.228. The van der Waals surface area contributed by atoms with Crippen molar-refractivity contribution >= 4 is 0 Å². The van der Waals surface area contributed by atoms with Crippen molar-refractivity contribution in [2.75, 3.05) is 26.2 Å². The standard InChI is InChI=1S/C30H46N2/c1-29(2,25-11-9-13-27(25)31-19-5-6-20-31)23-15-17-24(18-16-23)30(3,4)26-12-10-14-28(26)32-21-7-8-22-32/h15-18,25-26H,5-14,19-22H2,1-4H3. The smallest absolute Gasteiger partial charge is 0.0432 e. The molecule has 2 heteroatoms. The minimum Gasteiger partial charge on any atom is -0.295 e. The first kappa shape index (κ1) is 22.9. The van der Waals surface area contributed by atoms with E-state index >= 15 is 0 Å². The molecule has 2 radical (unpaired) electrons. The van der Waals surface area contributed by atoms with Crippen LogP contribution >= 0.6 is 0 Å². The lowest BCUT2D eigenvalue weighted by Crippen LogP contribution is -2.39. The molecule has 2 saturated carbocycles. The van der Waals surface area contributed by atoms with Gasteiger partial charge < -0.3 is 0 Å². The van der Waals surface area contributed by atoms with Crippen LogP contribution in [0.15, 0.2) is 24.3 Å². The Labute approximate surface area is 198 Å². The van der Waals surface area contributed by atoms with Crippen LogP contribution in [0.25, 0.3) is 0 Å². The third-order valence-corrected chi connectivity index (χ3v) is 9.80. The minimum absolute atomic E-state index is 0.220. The number of likely N-dealkylation sites (tertiary alicyclic amines) is 2. The van der Waals surface area contributed by atoms with Crippen molar-refractivity contribution in [1.29, 1.82) is 0 Å². The first-order valence-corrected chi connectivity index (χ1v) is 13.7. The maximum Gasteiger partial charge on any atom is 0.0432 e. The van der Waals surface area contributed by atoms with Crippen LogP contribution in [-0.4, -0.2) is 36.0 Å². The molecule has 0 spiro atoms. The van der Waals surface area contributed by atoms with Crippen molar-refractivity contribution in [3.05, 3.63) is 47.5 Å². The predicted molar refractivity (Wildman–Crippen MR) is 135 cm³/mol. The Bertz CT molecular complexity index is 687. The molecule has 2 heterocycles. The van der Waals surface area contributed by atoms with E-state index in [1.807, 2.05) is 0 Å². The Hall–Kier alpha value is -0.860. The molecule has 1 aromatic rings. The molecule has 176 valence electrons. The second-order valence-electron chi connectivity index (χ2n) is 12.3. The molecule has 2 aliphatic heterocycles. The fourth-order valence-electron chi connectivity index (χ4n) is 7.71. The predicted octanol–water partition coefficient (Wildman–Crippen LogP) is 7.10. The Kier molecular flexibility index (Phi) is 6.49. The summed E-state index contributed by atoms with van der Waals surface area (Å²) in [4.78, 5) is 5.49. The third-order valence-electron chi connectivity index (χ3n) is 9.80. The van der Waals surface area contributed by atoms with Crippen LogP contribution in [-0.2, 0) is 10.8 Å². The van der Waals surface area contributed by atoms with Crippen LogP contribution in [0.2, 0.25) is 0 Å². The maximum absolute atomic E-state index is 2.74. The zero-order valence-electron chi connectivity index (χ0n) is 21.3. The van der Waals surface area contributed by atoms with Gasteiger partial charge in [0.1, 0.15) is 0 Å². The highest BCUT2D eigenvalue weighted by Gasteiger charge is 2.45. The van der Waals surface area contributed by atoms with E-state index in [1.165, 1.54) is 102 Å². The fourth-order valence-corrected chi connectivity index (χ4v) is 7.71. The highest BCUT2D eigenvalue weighted by Crippen LogP contribution is 2.51. The minimum atomic E-state index is 0.220. The lowest BCUT2D eigenvalue weighted by atomic mass is 9.68. The van der Waals surface area contributed by atoms with Crippen LogP contribution in [0.3, 0.4) is 0 Å². The molecule has 4 aliphatic rings. The van der Waals surface area contributed by atoms with Crippen LogP contribution < -0.4 is 0 Å². The van der Waals surface area contributed by atoms with Crippen molar-refractivity contribution in [2.24, 2.45) is 11.8 Å². The van der Waals surface area contributed by atoms with E-state index in [9.17, 15) is 0 Å². The normalized spacial score (nSPS) is 29.5. The molecule has 1 aromatic carbocycles. The largest absolute Gasteiger partial charge is 0.295 e. The Morgan fingerprint density at radius 1 is 0.562 bits per heavy atom. The summed E-state index contributed by atoms with van der Waals surface area (Å²) in [7, 11) is 0. The molecule has 2 aliphatic carbocycles. The fraction of sp³-hybridized carbons (Fsp3) is 0.733. The first-order chi connectivity index (χ1) is 15.4. The summed E-state index contributed by atoms with van der Waals surface area (Å²) in [5.74, 6) is 1.42. The van der Waals surface area contributed by atoms with Gasteiger partial charge in [0, 0.05) is 12.1 Å². The van der Waals surface area contributed by atoms with Crippen molar-refractivity contribution in [1.82, 2.24) is 9.80 Å². The lowest BCUT2D eigenvalue weighted by Gasteiger charge is -2.41. The van der Waals surface area contributed by atoms with Crippen molar-refractivity contribution in [3.8, 4) is 0 Å². The summed E-state index contributed by atoms with van der Waals surface area (Å²) in [5, 5.41) is 0. The molecule has 2 saturated heterocycles. The summed E-state index contributed by atoms with van der Waals surface area (Å²) in [6.07, 6.45) is 13.7. The zero-order chi connectivity index (χ0) is 22.3. The van der Waals surface area contributed by atoms with E-state index in [-0.39, 0.29) is 10.8 Å². The molecule has 2 unspecified atom stereocenters. The number of nitrogens with zero attached hydrogens (tertiary/aromatic N) is 2. The van der Waals surface area contributed by atoms with Crippen LogP contribution in [0.1, 0.15) is 103 Å². The highest BCUT2D eigenvalue weighted by molar-refractivity contribution is 5.35. The van der Waals surface area contributed by atoms with Crippen molar-refractivity contribution in [2.45, 2.75) is 103 Å². The average molecular weight is 435 g/mol. The first-order valence-electron chi connectivity index (χ1n) is 13.7. The van der Waals surface area contributed by atoms with E-state index < -0.39 is 0 Å². The summed E-state index contributed by atoms with van der Waals surface area (Å²) < 4.78 is 0. The highest BCUT2D eigenvalue weighted by atomic mass is 15.2. The second kappa shape index (κ2) is 9.06. The summed E-state index contributed by atoms with van der Waals surface area (Å²) >= 11 is 0. The summed E-state index contributed by atoms with van der Waals surface area (Å²) in [6, 6.07) is 13.5. The average Bonchev–Trinajstić information content (AvgIpc) is 3.58. The summed E-state index contributed by atoms with van der Waals surface area (Å²) in [6.45, 7) is 15.2. The number of benzene rings is 1. The molecule has 0 N–H and O–H groups in total. The summed E-state index contributed by atoms with van der Waals surface area (Å²) in [5.41, 5.74) is 3.51. The van der Waals surface area contributed by atoms with Crippen LogP contribution in [0.4, 0.5) is 0 Å². The van der Waals surface area contributed by atoms with Crippen molar-refractivity contribution < 1.29 is 0 Å². The number of hydrogen-bond donors (Lipinski definition) is 0. The SMILES string of the molecule is CC(C)(c1ccc(C(C)(C)C2CCC[C]2N2CCCC2)cc1)C1CCC[C]1N1CCCC1. The quantitative estimate of drug-likeness (QED) is 0.471. The van der Waals surface area contributed by atoms with E-state index in [4.69, 9.17) is 0 Å². The van der Waals surface area contributed by atoms with Gasteiger partial charge in [-0.2, -0.15) is 0 Å². The zero-order valence-corrected chi connectivity index (χ0v) is 21.3. The van der Waals surface area contributed by atoms with Gasteiger partial charge in [0.25, 0.3) is 0 Å². The Morgan fingerprint density at radius 2 is 0.906 bits per heavy atom. The molecular formula is C30H46N2. The third kappa shape index (κ3) is 4.09. The second-order valence-corrected chi connectivity index (χ2v) is 12.3. The number of rotatable bonds is 6. The van der Waals surface area contributed by atoms with E-state index in [2.05, 4.69) is 61.8 Å². The molecule has 0 aromatic heterocycles. The van der Waals surface area contributed by atoms with Crippen LogP contribution in [0, 0.1) is 23.9 Å². The van der Waals surface area contributed by atoms with Gasteiger partial charge in [-0.25, -0.2) is 0 Å². The molecule has 0 bridgehead atoms. The molecular weight excluding hydrogens is 388 g/mol. The van der Waals surface area contributed by atoms with Crippen molar-refractivity contribution in [3.63, 3.8) is 0 Å². The van der Waals surface area contributed by atoms with Gasteiger partial charge in [0.15, 0.2) is 0 Å².